The van der Waals surface area contributed by atoms with E-state index in [1.807, 2.05) is 12.1 Å². The summed E-state index contributed by atoms with van der Waals surface area (Å²) < 4.78 is 16.1. The highest BCUT2D eigenvalue weighted by Crippen LogP contribution is 2.38. The number of amides is 1. The van der Waals surface area contributed by atoms with E-state index in [1.54, 1.807) is 50.2 Å². The van der Waals surface area contributed by atoms with Crippen molar-refractivity contribution in [2.75, 3.05) is 19.9 Å². The van der Waals surface area contributed by atoms with Gasteiger partial charge in [0.1, 0.15) is 5.75 Å². The number of nitrogens with one attached hydrogen (secondary N) is 1. The van der Waals surface area contributed by atoms with E-state index in [-0.39, 0.29) is 24.9 Å². The van der Waals surface area contributed by atoms with Crippen LogP contribution in [0.3, 0.4) is 0 Å². The van der Waals surface area contributed by atoms with Crippen LogP contribution >= 0.6 is 24.0 Å². The topological polar surface area (TPSA) is 117 Å². The molecule has 3 rings (SSSR count). The maximum Gasteiger partial charge on any atom is 0.352 e. The molecule has 8 nitrogen and oxygen atoms in total. The van der Waals surface area contributed by atoms with Crippen molar-refractivity contribution in [3.8, 4) is 5.75 Å². The van der Waals surface area contributed by atoms with Crippen molar-refractivity contribution in [1.82, 2.24) is 5.32 Å². The molecular weight excluding hydrogens is 519 g/mol. The van der Waals surface area contributed by atoms with Crippen molar-refractivity contribution in [2.45, 2.75) is 51.6 Å². The van der Waals surface area contributed by atoms with Gasteiger partial charge in [-0.25, -0.2) is 4.79 Å². The second-order valence-corrected chi connectivity index (χ2v) is 9.88. The van der Waals surface area contributed by atoms with Gasteiger partial charge in [0, 0.05) is 23.7 Å². The molecule has 1 saturated carbocycles. The molecule has 0 spiro atoms. The average molecular weight is 553 g/mol. The summed E-state index contributed by atoms with van der Waals surface area (Å²) in [7, 11) is 0. The summed E-state index contributed by atoms with van der Waals surface area (Å²) in [5.74, 6) is -0.763. The van der Waals surface area contributed by atoms with E-state index >= 15 is 0 Å². The van der Waals surface area contributed by atoms with E-state index < -0.39 is 29.7 Å². The maximum atomic E-state index is 12.5. The highest BCUT2D eigenvalue weighted by Gasteiger charge is 2.41. The van der Waals surface area contributed by atoms with Gasteiger partial charge in [0.2, 0.25) is 6.79 Å². The zero-order valence-corrected chi connectivity index (χ0v) is 22.7. The van der Waals surface area contributed by atoms with E-state index in [0.717, 1.165) is 18.4 Å². The third kappa shape index (κ3) is 8.35. The Balaban J connectivity index is 0.00000481. The Labute approximate surface area is 228 Å². The first-order chi connectivity index (χ1) is 17.1. The molecule has 0 saturated heterocycles. The minimum atomic E-state index is -1.29. The maximum absolute atomic E-state index is 12.5. The zero-order valence-electron chi connectivity index (χ0n) is 21.1. The molecule has 2 aromatic rings. The average Bonchev–Trinajstić information content (AvgIpc) is 3.36. The molecule has 0 heterocycles. The highest BCUT2D eigenvalue weighted by molar-refractivity contribution is 6.30. The zero-order chi connectivity index (χ0) is 26.2. The van der Waals surface area contributed by atoms with Crippen molar-refractivity contribution in [1.29, 1.82) is 0 Å². The molecule has 0 bridgehead atoms. The minimum Gasteiger partial charge on any atom is -0.476 e. The lowest BCUT2D eigenvalue weighted by Crippen LogP contribution is -2.41. The summed E-state index contributed by atoms with van der Waals surface area (Å²) in [6.45, 7) is 3.36. The van der Waals surface area contributed by atoms with Crippen LogP contribution in [0.2, 0.25) is 5.02 Å². The van der Waals surface area contributed by atoms with Crippen LogP contribution in [-0.4, -0.2) is 43.3 Å². The number of esters is 2. The Morgan fingerprint density at radius 2 is 1.62 bits per heavy atom. The number of carbonyl (C=O) groups is 3. The third-order valence-corrected chi connectivity index (χ3v) is 6.61. The summed E-state index contributed by atoms with van der Waals surface area (Å²) in [4.78, 5) is 37.1. The number of rotatable bonds is 11. The molecule has 3 N–H and O–H groups in total. The summed E-state index contributed by atoms with van der Waals surface area (Å²) >= 11 is 5.85. The van der Waals surface area contributed by atoms with Crippen LogP contribution in [0.15, 0.2) is 48.5 Å². The summed E-state index contributed by atoms with van der Waals surface area (Å²) in [6.07, 6.45) is 3.87. The van der Waals surface area contributed by atoms with Gasteiger partial charge in [0.15, 0.2) is 5.60 Å². The minimum absolute atomic E-state index is 0. The number of benzene rings is 2. The van der Waals surface area contributed by atoms with Crippen molar-refractivity contribution in [3.05, 3.63) is 64.7 Å². The molecule has 0 aromatic heterocycles. The molecule has 0 aliphatic heterocycles. The molecule has 37 heavy (non-hydrogen) atoms. The van der Waals surface area contributed by atoms with Gasteiger partial charge in [-0.3, -0.25) is 9.59 Å². The van der Waals surface area contributed by atoms with Gasteiger partial charge in [-0.05, 0) is 75.1 Å². The van der Waals surface area contributed by atoms with E-state index in [9.17, 15) is 14.4 Å². The second-order valence-electron chi connectivity index (χ2n) is 9.44. The van der Waals surface area contributed by atoms with Gasteiger partial charge in [0.25, 0.3) is 5.91 Å². The lowest BCUT2D eigenvalue weighted by molar-refractivity contribution is -0.182. The molecule has 1 fully saturated rings. The molecule has 1 amide bonds. The standard InChI is InChI=1S/C27H33ClN2O6.ClH/c1-26(2,24(32)34-18-35-25(33)27(17-29)14-3-4-15-27)36-22-11-5-19(6-12-22)13-16-30-23(31)20-7-9-21(28)10-8-20;/h5-12H,3-4,13-18,29H2,1-2H3,(H,30,31);1H. The smallest absolute Gasteiger partial charge is 0.352 e. The van der Waals surface area contributed by atoms with E-state index in [4.69, 9.17) is 31.5 Å². The highest BCUT2D eigenvalue weighted by atomic mass is 35.5. The fourth-order valence-electron chi connectivity index (χ4n) is 4.09. The Morgan fingerprint density at radius 1 is 1.00 bits per heavy atom. The lowest BCUT2D eigenvalue weighted by atomic mass is 9.86. The van der Waals surface area contributed by atoms with Crippen LogP contribution in [0.1, 0.15) is 55.5 Å². The third-order valence-electron chi connectivity index (χ3n) is 6.36. The van der Waals surface area contributed by atoms with Gasteiger partial charge in [-0.15, -0.1) is 12.4 Å². The largest absolute Gasteiger partial charge is 0.476 e. The van der Waals surface area contributed by atoms with Crippen LogP contribution in [0.25, 0.3) is 0 Å². The number of carbonyl (C=O) groups excluding carboxylic acids is 3. The van der Waals surface area contributed by atoms with Gasteiger partial charge < -0.3 is 25.3 Å². The number of hydrogen-bond donors (Lipinski definition) is 2. The Hall–Kier alpha value is -2.81. The quantitative estimate of drug-likeness (QED) is 0.312. The predicted octanol–water partition coefficient (Wildman–Crippen LogP) is 4.45. The second kappa shape index (κ2) is 13.7. The number of ether oxygens (including phenoxy) is 3. The van der Waals surface area contributed by atoms with Crippen LogP contribution in [0, 0.1) is 5.41 Å². The monoisotopic (exact) mass is 552 g/mol. The normalized spacial score (nSPS) is 14.3. The molecule has 0 unspecified atom stereocenters. The van der Waals surface area contributed by atoms with Crippen LogP contribution in [0.4, 0.5) is 0 Å². The number of halogens is 2. The molecule has 1 aliphatic rings. The first-order valence-corrected chi connectivity index (χ1v) is 12.4. The molecule has 202 valence electrons. The predicted molar refractivity (Wildman–Crippen MR) is 143 cm³/mol. The van der Waals surface area contributed by atoms with Gasteiger partial charge >= 0.3 is 11.9 Å². The van der Waals surface area contributed by atoms with Crippen molar-refractivity contribution >= 4 is 41.9 Å². The molecule has 2 aromatic carbocycles. The molecular formula is C27H34Cl2N2O6. The Kier molecular flexibility index (Phi) is 11.2. The van der Waals surface area contributed by atoms with Crippen LogP contribution in [-0.2, 0) is 25.5 Å². The Bertz CT molecular complexity index is 1050. The van der Waals surface area contributed by atoms with E-state index in [2.05, 4.69) is 5.32 Å². The molecule has 0 atom stereocenters. The number of nitrogens with two attached hydrogens (primary N) is 1. The molecule has 10 heteroatoms. The van der Waals surface area contributed by atoms with Crippen molar-refractivity contribution in [3.63, 3.8) is 0 Å². The van der Waals surface area contributed by atoms with Gasteiger partial charge in [-0.2, -0.15) is 0 Å². The molecule has 0 radical (unpaired) electrons. The van der Waals surface area contributed by atoms with E-state index in [0.29, 0.717) is 42.1 Å². The van der Waals surface area contributed by atoms with E-state index in [1.165, 1.54) is 0 Å². The summed E-state index contributed by atoms with van der Waals surface area (Å²) in [5.41, 5.74) is 5.36. The Morgan fingerprint density at radius 3 is 2.22 bits per heavy atom. The SMILES string of the molecule is CC(C)(Oc1ccc(CCNC(=O)c2ccc(Cl)cc2)cc1)C(=O)OCOC(=O)C1(CN)CCCC1.Cl. The fraction of sp³-hybridized carbons (Fsp3) is 0.444. The van der Waals surface area contributed by atoms with Crippen LogP contribution in [0.5, 0.6) is 5.75 Å². The lowest BCUT2D eigenvalue weighted by Gasteiger charge is -2.26. The number of hydrogen-bond acceptors (Lipinski definition) is 7. The first kappa shape index (κ1) is 30.4. The first-order valence-electron chi connectivity index (χ1n) is 12.0. The fourth-order valence-corrected chi connectivity index (χ4v) is 4.22. The summed E-state index contributed by atoms with van der Waals surface area (Å²) in [5, 5.41) is 3.45. The van der Waals surface area contributed by atoms with Crippen molar-refractivity contribution < 1.29 is 28.6 Å². The van der Waals surface area contributed by atoms with Crippen LogP contribution < -0.4 is 15.8 Å². The van der Waals surface area contributed by atoms with Gasteiger partial charge in [-0.1, -0.05) is 36.6 Å². The van der Waals surface area contributed by atoms with Gasteiger partial charge in [0.05, 0.1) is 5.41 Å². The molecule has 1 aliphatic carbocycles. The summed E-state index contributed by atoms with van der Waals surface area (Å²) in [6, 6.07) is 13.9. The van der Waals surface area contributed by atoms with Crippen molar-refractivity contribution in [2.24, 2.45) is 11.1 Å².